The quantitative estimate of drug-likeness (QED) is 0.183. The molecule has 0 fully saturated rings. The first-order valence-corrected chi connectivity index (χ1v) is 19.0. The molecule has 0 atom stereocenters. The van der Waals surface area contributed by atoms with Crippen molar-refractivity contribution in [3.05, 3.63) is 163 Å². The second-order valence-electron chi connectivity index (χ2n) is 13.6. The maximum Gasteiger partial charge on any atom is 0.0208 e. The molecule has 0 nitrogen and oxygen atoms in total. The van der Waals surface area contributed by atoms with Gasteiger partial charge in [0.25, 0.3) is 0 Å². The highest BCUT2D eigenvalue weighted by Crippen LogP contribution is 2.56. The Morgan fingerprint density at radius 3 is 1.72 bits per heavy atom. The lowest BCUT2D eigenvalue weighted by Crippen LogP contribution is -1.99. The molecule has 2 aliphatic heterocycles. The maximum atomic E-state index is 2.41. The zero-order chi connectivity index (χ0) is 32.8. The van der Waals surface area contributed by atoms with Gasteiger partial charge in [0, 0.05) is 30.4 Å². The molecule has 8 aromatic carbocycles. The summed E-state index contributed by atoms with van der Waals surface area (Å²) in [5.41, 5.74) is 15.8. The van der Waals surface area contributed by atoms with Crippen LogP contribution in [0.15, 0.2) is 171 Å². The molecule has 0 amide bonds. The van der Waals surface area contributed by atoms with Crippen LogP contribution in [0.25, 0.3) is 83.3 Å². The van der Waals surface area contributed by atoms with Gasteiger partial charge in [-0.05, 0) is 115 Å². The van der Waals surface area contributed by atoms with E-state index in [1.165, 1.54) is 108 Å². The fourth-order valence-electron chi connectivity index (χ4n) is 8.24. The van der Waals surface area contributed by atoms with E-state index in [4.69, 9.17) is 0 Å². The van der Waals surface area contributed by atoms with Gasteiger partial charge in [0.15, 0.2) is 0 Å². The van der Waals surface area contributed by atoms with E-state index in [1.54, 1.807) is 0 Å². The van der Waals surface area contributed by atoms with Crippen LogP contribution in [0.1, 0.15) is 17.5 Å². The second-order valence-corrected chi connectivity index (χ2v) is 15.7. The minimum absolute atomic E-state index is 1.13. The van der Waals surface area contributed by atoms with Gasteiger partial charge in [-0.2, -0.15) is 0 Å². The molecule has 0 unspecified atom stereocenters. The summed E-state index contributed by atoms with van der Waals surface area (Å²) in [6, 6.07) is 54.8. The Labute approximate surface area is 300 Å². The highest BCUT2D eigenvalue weighted by atomic mass is 32.2. The molecule has 11 rings (SSSR count). The van der Waals surface area contributed by atoms with E-state index in [9.17, 15) is 0 Å². The molecule has 1 aliphatic carbocycles. The Bertz CT molecular complexity index is 2740. The number of allylic oxidation sites excluding steroid dienone is 1. The molecule has 0 aromatic heterocycles. The summed E-state index contributed by atoms with van der Waals surface area (Å²) in [5, 5.41) is 5.37. The van der Waals surface area contributed by atoms with E-state index in [-0.39, 0.29) is 0 Å². The largest absolute Gasteiger partial charge is 0.0887 e. The van der Waals surface area contributed by atoms with Crippen molar-refractivity contribution < 1.29 is 0 Å². The van der Waals surface area contributed by atoms with E-state index >= 15 is 0 Å². The van der Waals surface area contributed by atoms with Crippen molar-refractivity contribution in [1.29, 1.82) is 0 Å². The summed E-state index contributed by atoms with van der Waals surface area (Å²) in [4.78, 5) is 5.37. The Balaban J connectivity index is 0.948. The minimum Gasteiger partial charge on any atom is -0.0887 e. The third-order valence-electron chi connectivity index (χ3n) is 10.7. The van der Waals surface area contributed by atoms with Crippen LogP contribution in [-0.2, 0) is 6.42 Å². The number of benzene rings is 8. The van der Waals surface area contributed by atoms with Gasteiger partial charge in [-0.15, -0.1) is 0 Å². The van der Waals surface area contributed by atoms with Crippen LogP contribution in [0.2, 0.25) is 0 Å². The number of fused-ring (bicyclic) bond motifs is 6. The molecule has 2 heterocycles. The summed E-state index contributed by atoms with van der Waals surface area (Å²) in [6.07, 6.45) is 6.81. The summed E-state index contributed by atoms with van der Waals surface area (Å²) in [5.74, 6) is 0. The normalized spacial score (nSPS) is 13.6. The van der Waals surface area contributed by atoms with Gasteiger partial charge < -0.3 is 0 Å². The van der Waals surface area contributed by atoms with Gasteiger partial charge >= 0.3 is 0 Å². The number of hydrogen-bond acceptors (Lipinski definition) is 2. The molecule has 0 saturated heterocycles. The van der Waals surface area contributed by atoms with Crippen LogP contribution >= 0.6 is 23.5 Å². The first-order chi connectivity index (χ1) is 24.7. The molecular formula is C48H30S2. The Hall–Kier alpha value is -5.28. The topological polar surface area (TPSA) is 0 Å². The molecule has 50 heavy (non-hydrogen) atoms. The fraction of sp³-hybridized carbons (Fsp3) is 0.0417. The predicted molar refractivity (Wildman–Crippen MR) is 214 cm³/mol. The predicted octanol–water partition coefficient (Wildman–Crippen LogP) is 14.2. The second kappa shape index (κ2) is 11.1. The number of aryl methyl sites for hydroxylation is 1. The van der Waals surface area contributed by atoms with Crippen LogP contribution in [0.4, 0.5) is 0 Å². The van der Waals surface area contributed by atoms with Crippen LogP contribution in [-0.4, -0.2) is 0 Å². The van der Waals surface area contributed by atoms with Crippen LogP contribution in [0, 0.1) is 0 Å². The van der Waals surface area contributed by atoms with Gasteiger partial charge in [0.05, 0.1) is 0 Å². The average Bonchev–Trinajstić information content (AvgIpc) is 3.18. The van der Waals surface area contributed by atoms with Crippen LogP contribution in [0.3, 0.4) is 0 Å². The van der Waals surface area contributed by atoms with Gasteiger partial charge in [-0.25, -0.2) is 0 Å². The van der Waals surface area contributed by atoms with Gasteiger partial charge in [-0.1, -0.05) is 157 Å². The SMILES string of the molecule is C1=Cc2ccc(-c3ccc4c(c3)Sc3ccc5c6c(ccc-4c36)-c3ccc(-c4ccc(-c6cccc7ccccc67)cc4)cc3S5)cc2CC1. The summed E-state index contributed by atoms with van der Waals surface area (Å²) >= 11 is 3.84. The maximum absolute atomic E-state index is 2.41. The molecule has 0 spiro atoms. The van der Waals surface area contributed by atoms with E-state index < -0.39 is 0 Å². The third-order valence-corrected chi connectivity index (χ3v) is 13.0. The van der Waals surface area contributed by atoms with Crippen molar-refractivity contribution >= 4 is 51.1 Å². The van der Waals surface area contributed by atoms with E-state index in [2.05, 4.69) is 158 Å². The van der Waals surface area contributed by atoms with Crippen molar-refractivity contribution in [1.82, 2.24) is 0 Å². The van der Waals surface area contributed by atoms with Crippen molar-refractivity contribution in [2.24, 2.45) is 0 Å². The van der Waals surface area contributed by atoms with Crippen molar-refractivity contribution in [2.45, 2.75) is 32.4 Å². The van der Waals surface area contributed by atoms with Gasteiger partial charge in [-0.3, -0.25) is 0 Å². The van der Waals surface area contributed by atoms with Gasteiger partial charge in [0.1, 0.15) is 0 Å². The van der Waals surface area contributed by atoms with E-state index in [0.717, 1.165) is 12.8 Å². The molecule has 0 radical (unpaired) electrons. The summed E-state index contributed by atoms with van der Waals surface area (Å²) in [7, 11) is 0. The van der Waals surface area contributed by atoms with Crippen LogP contribution in [0.5, 0.6) is 0 Å². The first-order valence-electron chi connectivity index (χ1n) is 17.4. The van der Waals surface area contributed by atoms with E-state index in [0.29, 0.717) is 0 Å². The fourth-order valence-corrected chi connectivity index (χ4v) is 10.6. The Morgan fingerprint density at radius 1 is 0.400 bits per heavy atom. The van der Waals surface area contributed by atoms with Gasteiger partial charge in [0.2, 0.25) is 0 Å². The molecule has 0 bridgehead atoms. The highest BCUT2D eigenvalue weighted by molar-refractivity contribution is 8.00. The number of hydrogen-bond donors (Lipinski definition) is 0. The monoisotopic (exact) mass is 670 g/mol. The number of rotatable bonds is 3. The molecular weight excluding hydrogens is 641 g/mol. The average molecular weight is 671 g/mol. The smallest absolute Gasteiger partial charge is 0.0208 e. The summed E-state index contributed by atoms with van der Waals surface area (Å²) < 4.78 is 0. The molecule has 0 saturated carbocycles. The Morgan fingerprint density at radius 2 is 0.980 bits per heavy atom. The van der Waals surface area contributed by atoms with E-state index in [1.807, 2.05) is 23.5 Å². The lowest BCUT2D eigenvalue weighted by atomic mass is 9.89. The lowest BCUT2D eigenvalue weighted by molar-refractivity contribution is 0.986. The third kappa shape index (κ3) is 4.42. The molecule has 8 aromatic rings. The first kappa shape index (κ1) is 28.5. The molecule has 0 N–H and O–H groups in total. The van der Waals surface area contributed by atoms with Crippen molar-refractivity contribution in [3.63, 3.8) is 0 Å². The zero-order valence-corrected chi connectivity index (χ0v) is 28.9. The molecule has 234 valence electrons. The van der Waals surface area contributed by atoms with Crippen molar-refractivity contribution in [2.75, 3.05) is 0 Å². The minimum atomic E-state index is 1.13. The standard InChI is InChI=1S/C48H30S2/c1-2-8-33-26-34(17-14-29(33)6-1)36-19-21-40-42-23-22-41-39-20-18-35(27-45(39)49-43-24-25-44(48(42)47(41)43)50-46(40)28-36)30-12-15-32(16-13-30)38-11-5-9-31-7-3-4-10-37(31)38/h1,3-7,9-28H,2,8H2. The highest BCUT2D eigenvalue weighted by Gasteiger charge is 2.27. The van der Waals surface area contributed by atoms with Crippen LogP contribution < -0.4 is 0 Å². The molecule has 2 heteroatoms. The van der Waals surface area contributed by atoms with Crippen molar-refractivity contribution in [3.8, 4) is 55.6 Å². The Kier molecular flexibility index (Phi) is 6.35. The molecule has 3 aliphatic rings. The summed E-state index contributed by atoms with van der Waals surface area (Å²) in [6.45, 7) is 0. The lowest BCUT2D eigenvalue weighted by Gasteiger charge is -2.27. The zero-order valence-electron chi connectivity index (χ0n) is 27.2.